The zero-order valence-electron chi connectivity index (χ0n) is 17.9. The molecule has 33 heavy (non-hydrogen) atoms. The number of carbonyl (C=O) groups excluding carboxylic acids is 1. The van der Waals surface area contributed by atoms with Crippen LogP contribution in [0.3, 0.4) is 0 Å². The van der Waals surface area contributed by atoms with E-state index in [-0.39, 0.29) is 28.7 Å². The number of benzene rings is 1. The number of hydrogen-bond donors (Lipinski definition) is 0. The molecule has 1 amide bonds. The van der Waals surface area contributed by atoms with Gasteiger partial charge in [0.15, 0.2) is 21.8 Å². The van der Waals surface area contributed by atoms with Crippen LogP contribution in [0.1, 0.15) is 54.2 Å². The van der Waals surface area contributed by atoms with Gasteiger partial charge in [0.05, 0.1) is 15.9 Å². The van der Waals surface area contributed by atoms with E-state index in [0.717, 1.165) is 50.6 Å². The van der Waals surface area contributed by atoms with Crippen LogP contribution in [0.4, 0.5) is 13.2 Å². The van der Waals surface area contributed by atoms with E-state index in [0.29, 0.717) is 24.2 Å². The first-order valence-electron chi connectivity index (χ1n) is 10.6. The molecule has 0 spiro atoms. The average Bonchev–Trinajstić information content (AvgIpc) is 3.61. The number of fused-ring (bicyclic) bond motifs is 1. The van der Waals surface area contributed by atoms with Crippen molar-refractivity contribution >= 4 is 15.7 Å². The highest BCUT2D eigenvalue weighted by Crippen LogP contribution is 2.59. The molecule has 178 valence electrons. The summed E-state index contributed by atoms with van der Waals surface area (Å²) in [6.07, 6.45) is -3.03. The molecule has 2 unspecified atom stereocenters. The predicted octanol–water partition coefficient (Wildman–Crippen LogP) is 3.09. The molecule has 1 aromatic heterocycles. The molecule has 2 heterocycles. The van der Waals surface area contributed by atoms with Crippen LogP contribution in [-0.2, 0) is 15.3 Å². The van der Waals surface area contributed by atoms with E-state index in [4.69, 9.17) is 9.26 Å². The highest BCUT2D eigenvalue weighted by Gasteiger charge is 2.65. The molecule has 3 aliphatic rings. The Morgan fingerprint density at radius 2 is 2.06 bits per heavy atom. The van der Waals surface area contributed by atoms with Crippen molar-refractivity contribution in [3.05, 3.63) is 35.5 Å². The standard InChI is InChI=1S/C21H22F3N3O5S/c1-11(21(22,23)24)31-16-6-5-14(33(2,29)30)7-15(16)18(28)27-9-13-8-20(13,10-27)19-25-17(26-32-19)12-3-4-12/h5-7,11-13H,3-4,8-10H2,1-2H3/t11-,13?,20?/m1/s1. The number of rotatable bonds is 6. The van der Waals surface area contributed by atoms with Gasteiger partial charge in [-0.15, -0.1) is 0 Å². The van der Waals surface area contributed by atoms with Gasteiger partial charge in [0, 0.05) is 25.3 Å². The molecule has 1 aromatic carbocycles. The number of likely N-dealkylation sites (tertiary alicyclic amines) is 1. The van der Waals surface area contributed by atoms with Gasteiger partial charge in [-0.2, -0.15) is 18.2 Å². The van der Waals surface area contributed by atoms with Crippen molar-refractivity contribution in [2.24, 2.45) is 5.92 Å². The van der Waals surface area contributed by atoms with Crippen LogP contribution in [-0.4, -0.2) is 61.0 Å². The van der Waals surface area contributed by atoms with Crippen molar-refractivity contribution < 1.29 is 35.6 Å². The third-order valence-electron chi connectivity index (χ3n) is 6.62. The molecule has 8 nitrogen and oxygen atoms in total. The van der Waals surface area contributed by atoms with Crippen molar-refractivity contribution in [2.75, 3.05) is 19.3 Å². The smallest absolute Gasteiger partial charge is 0.425 e. The first-order valence-corrected chi connectivity index (χ1v) is 12.5. The molecule has 0 radical (unpaired) electrons. The second-order valence-electron chi connectivity index (χ2n) is 9.21. The zero-order valence-corrected chi connectivity index (χ0v) is 18.7. The van der Waals surface area contributed by atoms with Crippen LogP contribution in [0, 0.1) is 5.92 Å². The van der Waals surface area contributed by atoms with Crippen molar-refractivity contribution in [1.82, 2.24) is 15.0 Å². The summed E-state index contributed by atoms with van der Waals surface area (Å²) in [7, 11) is -3.69. The van der Waals surface area contributed by atoms with E-state index in [2.05, 4.69) is 10.1 Å². The molecule has 2 aromatic rings. The van der Waals surface area contributed by atoms with E-state index in [1.54, 1.807) is 0 Å². The fourth-order valence-electron chi connectivity index (χ4n) is 4.35. The maximum atomic E-state index is 13.3. The van der Waals surface area contributed by atoms with Gasteiger partial charge in [0.2, 0.25) is 5.89 Å². The monoisotopic (exact) mass is 485 g/mol. The molecule has 3 atom stereocenters. The van der Waals surface area contributed by atoms with Crippen LogP contribution < -0.4 is 4.74 Å². The van der Waals surface area contributed by atoms with Crippen LogP contribution in [0.5, 0.6) is 5.75 Å². The lowest BCUT2D eigenvalue weighted by Crippen LogP contribution is -2.35. The molecular formula is C21H22F3N3O5S. The largest absolute Gasteiger partial charge is 0.480 e. The highest BCUT2D eigenvalue weighted by molar-refractivity contribution is 7.90. The Hall–Kier alpha value is -2.63. The summed E-state index contributed by atoms with van der Waals surface area (Å²) in [5.41, 5.74) is -0.681. The fourth-order valence-corrected chi connectivity index (χ4v) is 5.00. The Morgan fingerprint density at radius 3 is 2.70 bits per heavy atom. The maximum absolute atomic E-state index is 13.3. The first-order chi connectivity index (χ1) is 15.4. The molecule has 2 aliphatic carbocycles. The first kappa shape index (κ1) is 22.2. The number of sulfone groups is 1. The highest BCUT2D eigenvalue weighted by atomic mass is 32.2. The molecule has 1 saturated heterocycles. The number of carbonyl (C=O) groups is 1. The lowest BCUT2D eigenvalue weighted by Gasteiger charge is -2.23. The summed E-state index contributed by atoms with van der Waals surface area (Å²) in [5.74, 6) is 0.665. The van der Waals surface area contributed by atoms with Gasteiger partial charge in [0.1, 0.15) is 5.75 Å². The Morgan fingerprint density at radius 1 is 1.33 bits per heavy atom. The van der Waals surface area contributed by atoms with E-state index in [1.165, 1.54) is 4.90 Å². The minimum atomic E-state index is -4.65. The SMILES string of the molecule is C[C@@H](Oc1ccc(S(C)(=O)=O)cc1C(=O)N1CC2CC2(c2nc(C3CC3)no2)C1)C(F)(F)F. The van der Waals surface area contributed by atoms with E-state index >= 15 is 0 Å². The number of alkyl halides is 3. The van der Waals surface area contributed by atoms with Crippen LogP contribution in [0.25, 0.3) is 0 Å². The second kappa shape index (κ2) is 7.18. The molecule has 1 aliphatic heterocycles. The normalized spacial score (nSPS) is 25.6. The Kier molecular flexibility index (Phi) is 4.83. The van der Waals surface area contributed by atoms with E-state index in [9.17, 15) is 26.4 Å². The van der Waals surface area contributed by atoms with Gasteiger partial charge >= 0.3 is 6.18 Å². The number of hydrogen-bond acceptors (Lipinski definition) is 7. The summed E-state index contributed by atoms with van der Waals surface area (Å²) >= 11 is 0. The third kappa shape index (κ3) is 3.98. The molecule has 12 heteroatoms. The number of piperidine rings is 1. The van der Waals surface area contributed by atoms with Crippen LogP contribution in [0.2, 0.25) is 0 Å². The summed E-state index contributed by atoms with van der Waals surface area (Å²) in [6, 6.07) is 3.30. The van der Waals surface area contributed by atoms with Crippen molar-refractivity contribution in [2.45, 2.75) is 54.7 Å². The van der Waals surface area contributed by atoms with Crippen molar-refractivity contribution in [3.8, 4) is 5.75 Å². The predicted molar refractivity (Wildman–Crippen MR) is 108 cm³/mol. The number of aromatic nitrogens is 2. The molecule has 5 rings (SSSR count). The van der Waals surface area contributed by atoms with E-state index in [1.807, 2.05) is 0 Å². The Bertz CT molecular complexity index is 1220. The van der Waals surface area contributed by atoms with Gasteiger partial charge < -0.3 is 14.2 Å². The quantitative estimate of drug-likeness (QED) is 0.620. The minimum Gasteiger partial charge on any atom is -0.480 e. The van der Waals surface area contributed by atoms with Gasteiger partial charge in [-0.05, 0) is 50.3 Å². The van der Waals surface area contributed by atoms with Gasteiger partial charge in [0.25, 0.3) is 5.91 Å². The maximum Gasteiger partial charge on any atom is 0.425 e. The van der Waals surface area contributed by atoms with Crippen LogP contribution in [0.15, 0.2) is 27.6 Å². The molecule has 3 fully saturated rings. The number of ether oxygens (including phenoxy) is 1. The van der Waals surface area contributed by atoms with Gasteiger partial charge in [-0.25, -0.2) is 8.42 Å². The average molecular weight is 485 g/mol. The number of halogens is 3. The Balaban J connectivity index is 1.42. The summed E-state index contributed by atoms with van der Waals surface area (Å²) in [4.78, 5) is 19.2. The summed E-state index contributed by atoms with van der Waals surface area (Å²) in [5, 5.41) is 4.05. The fraction of sp³-hybridized carbons (Fsp3) is 0.571. The topological polar surface area (TPSA) is 103 Å². The van der Waals surface area contributed by atoms with Gasteiger partial charge in [-0.1, -0.05) is 5.16 Å². The molecule has 0 bridgehead atoms. The van der Waals surface area contributed by atoms with Gasteiger partial charge in [-0.3, -0.25) is 4.79 Å². The molecule has 2 saturated carbocycles. The van der Waals surface area contributed by atoms with Crippen molar-refractivity contribution in [3.63, 3.8) is 0 Å². The number of nitrogens with zero attached hydrogens (tertiary/aromatic N) is 3. The van der Waals surface area contributed by atoms with Crippen molar-refractivity contribution in [1.29, 1.82) is 0 Å². The third-order valence-corrected chi connectivity index (χ3v) is 7.73. The Labute approximate surface area is 188 Å². The second-order valence-corrected chi connectivity index (χ2v) is 11.2. The zero-order chi connectivity index (χ0) is 23.8. The number of amides is 1. The molecular weight excluding hydrogens is 463 g/mol. The summed E-state index contributed by atoms with van der Waals surface area (Å²) < 4.78 is 73.7. The lowest BCUT2D eigenvalue weighted by molar-refractivity contribution is -0.189. The van der Waals surface area contributed by atoms with Crippen LogP contribution >= 0.6 is 0 Å². The molecule has 0 N–H and O–H groups in total. The minimum absolute atomic E-state index is 0.102. The summed E-state index contributed by atoms with van der Waals surface area (Å²) in [6.45, 7) is 1.45. The lowest BCUT2D eigenvalue weighted by atomic mass is 10.1. The van der Waals surface area contributed by atoms with E-state index < -0.39 is 33.4 Å².